The molecule has 0 spiro atoms. The minimum Gasteiger partial charge on any atom is -0.481 e. The third-order valence-corrected chi connectivity index (χ3v) is 3.95. The van der Waals surface area contributed by atoms with Crippen LogP contribution in [0.5, 0.6) is 0 Å². The van der Waals surface area contributed by atoms with Crippen molar-refractivity contribution in [1.82, 2.24) is 9.97 Å². The Morgan fingerprint density at radius 1 is 1.09 bits per heavy atom. The molecule has 0 saturated carbocycles. The molecule has 0 aliphatic heterocycles. The van der Waals surface area contributed by atoms with Crippen LogP contribution in [-0.4, -0.2) is 21.0 Å². The molecule has 23 heavy (non-hydrogen) atoms. The van der Waals surface area contributed by atoms with Crippen LogP contribution >= 0.6 is 11.6 Å². The number of carbonyl (C=O) groups is 1. The van der Waals surface area contributed by atoms with Gasteiger partial charge in [0.1, 0.15) is 11.7 Å². The van der Waals surface area contributed by atoms with E-state index in [-0.39, 0.29) is 5.15 Å². The summed E-state index contributed by atoms with van der Waals surface area (Å²) < 4.78 is 0. The fourth-order valence-corrected chi connectivity index (χ4v) is 2.76. The Kier molecular flexibility index (Phi) is 4.44. The van der Waals surface area contributed by atoms with Crippen molar-refractivity contribution in [3.63, 3.8) is 0 Å². The Bertz CT molecular complexity index is 800. The molecule has 0 bridgehead atoms. The maximum Gasteiger partial charge on any atom is 0.312 e. The van der Waals surface area contributed by atoms with Crippen LogP contribution in [0.2, 0.25) is 5.15 Å². The van der Waals surface area contributed by atoms with Crippen LogP contribution in [0, 0.1) is 0 Å². The number of rotatable bonds is 5. The molecule has 1 unspecified atom stereocenters. The van der Waals surface area contributed by atoms with Crippen LogP contribution in [-0.2, 0) is 11.2 Å². The summed E-state index contributed by atoms with van der Waals surface area (Å²) in [5.41, 5.74) is 2.23. The number of aliphatic carboxylic acids is 1. The van der Waals surface area contributed by atoms with Gasteiger partial charge >= 0.3 is 5.97 Å². The molecule has 0 aliphatic carbocycles. The summed E-state index contributed by atoms with van der Waals surface area (Å²) in [4.78, 5) is 19.0. The van der Waals surface area contributed by atoms with Crippen molar-refractivity contribution in [2.45, 2.75) is 12.3 Å². The molecule has 0 fully saturated rings. The normalized spacial score (nSPS) is 12.0. The lowest BCUT2D eigenvalue weighted by Gasteiger charge is -2.11. The first-order chi connectivity index (χ1) is 11.1. The number of nitrogens with zero attached hydrogens (tertiary/aromatic N) is 1. The maximum absolute atomic E-state index is 11.7. The van der Waals surface area contributed by atoms with E-state index in [1.54, 1.807) is 0 Å². The highest BCUT2D eigenvalue weighted by Gasteiger charge is 2.26. The highest BCUT2D eigenvalue weighted by molar-refractivity contribution is 6.30. The lowest BCUT2D eigenvalue weighted by molar-refractivity contribution is -0.138. The van der Waals surface area contributed by atoms with E-state index >= 15 is 0 Å². The number of carboxylic acids is 1. The monoisotopic (exact) mass is 326 g/mol. The van der Waals surface area contributed by atoms with Gasteiger partial charge in [0.05, 0.1) is 5.69 Å². The molecule has 1 aromatic heterocycles. The summed E-state index contributed by atoms with van der Waals surface area (Å²) in [6.07, 6.45) is 0.353. The maximum atomic E-state index is 11.7. The second-order valence-corrected chi connectivity index (χ2v) is 5.59. The zero-order valence-electron chi connectivity index (χ0n) is 12.2. The van der Waals surface area contributed by atoms with E-state index in [1.165, 1.54) is 0 Å². The average molecular weight is 327 g/mol. The van der Waals surface area contributed by atoms with E-state index in [2.05, 4.69) is 9.97 Å². The molecular formula is C18H15ClN2O2. The van der Waals surface area contributed by atoms with Gasteiger partial charge in [-0.15, -0.1) is 0 Å². The van der Waals surface area contributed by atoms with Gasteiger partial charge in [0.25, 0.3) is 0 Å². The van der Waals surface area contributed by atoms with Gasteiger partial charge in [-0.3, -0.25) is 4.79 Å². The predicted octanol–water partition coefficient (Wildman–Crippen LogP) is 4.14. The van der Waals surface area contributed by atoms with Gasteiger partial charge in [-0.05, 0) is 12.0 Å². The summed E-state index contributed by atoms with van der Waals surface area (Å²) in [5.74, 6) is -1.13. The summed E-state index contributed by atoms with van der Waals surface area (Å²) >= 11 is 6.19. The van der Waals surface area contributed by atoms with Crippen molar-refractivity contribution in [2.24, 2.45) is 0 Å². The minimum absolute atomic E-state index is 0.201. The second kappa shape index (κ2) is 6.67. The summed E-state index contributed by atoms with van der Waals surface area (Å²) in [7, 11) is 0. The molecule has 3 aromatic rings. The highest BCUT2D eigenvalue weighted by atomic mass is 35.5. The minimum atomic E-state index is -0.931. The molecule has 0 saturated heterocycles. The second-order valence-electron chi connectivity index (χ2n) is 5.24. The Labute approximate surface area is 138 Å². The van der Waals surface area contributed by atoms with Crippen molar-refractivity contribution in [3.8, 4) is 11.4 Å². The summed E-state index contributed by atoms with van der Waals surface area (Å²) in [6, 6.07) is 19.0. The van der Waals surface area contributed by atoms with Gasteiger partial charge < -0.3 is 10.1 Å². The summed E-state index contributed by atoms with van der Waals surface area (Å²) in [6.45, 7) is 0. The predicted molar refractivity (Wildman–Crippen MR) is 89.6 cm³/mol. The molecule has 0 amide bonds. The molecular weight excluding hydrogens is 312 g/mol. The zero-order chi connectivity index (χ0) is 16.2. The van der Waals surface area contributed by atoms with Crippen LogP contribution in [0.3, 0.4) is 0 Å². The van der Waals surface area contributed by atoms with Gasteiger partial charge in [-0.25, -0.2) is 4.98 Å². The molecule has 5 heteroatoms. The number of aromatic nitrogens is 2. The van der Waals surface area contributed by atoms with E-state index in [0.717, 1.165) is 11.1 Å². The number of carboxylic acid groups (broad SMARTS) is 1. The smallest absolute Gasteiger partial charge is 0.312 e. The van der Waals surface area contributed by atoms with Crippen molar-refractivity contribution in [3.05, 3.63) is 77.1 Å². The number of halogens is 1. The number of aromatic amines is 1. The third-order valence-electron chi connectivity index (χ3n) is 3.66. The summed E-state index contributed by atoms with van der Waals surface area (Å²) in [5, 5.41) is 9.79. The van der Waals surface area contributed by atoms with Crippen molar-refractivity contribution in [2.75, 3.05) is 0 Å². The van der Waals surface area contributed by atoms with Crippen molar-refractivity contribution < 1.29 is 9.90 Å². The van der Waals surface area contributed by atoms with Crippen LogP contribution in [0.4, 0.5) is 0 Å². The largest absolute Gasteiger partial charge is 0.481 e. The molecule has 116 valence electrons. The number of nitrogens with one attached hydrogen (secondary N) is 1. The molecule has 4 nitrogen and oxygen atoms in total. The van der Waals surface area contributed by atoms with Crippen LogP contribution in [0.25, 0.3) is 11.4 Å². The van der Waals surface area contributed by atoms with Gasteiger partial charge in [0.15, 0.2) is 5.15 Å². The number of imidazole rings is 1. The van der Waals surface area contributed by atoms with Gasteiger partial charge in [-0.1, -0.05) is 72.3 Å². The van der Waals surface area contributed by atoms with Gasteiger partial charge in [0, 0.05) is 5.56 Å². The Morgan fingerprint density at radius 2 is 1.70 bits per heavy atom. The number of hydrogen-bond acceptors (Lipinski definition) is 2. The highest BCUT2D eigenvalue weighted by Crippen LogP contribution is 2.29. The van der Waals surface area contributed by atoms with Crippen LogP contribution in [0.15, 0.2) is 60.7 Å². The Hall–Kier alpha value is -2.59. The molecule has 1 atom stereocenters. The van der Waals surface area contributed by atoms with E-state index in [4.69, 9.17) is 11.6 Å². The van der Waals surface area contributed by atoms with Crippen LogP contribution < -0.4 is 0 Å². The molecule has 3 rings (SSSR count). The fourth-order valence-electron chi connectivity index (χ4n) is 2.49. The fraction of sp³-hybridized carbons (Fsp3) is 0.111. The Morgan fingerprint density at radius 3 is 2.30 bits per heavy atom. The molecule has 0 aliphatic rings. The van der Waals surface area contributed by atoms with Gasteiger partial charge in [-0.2, -0.15) is 0 Å². The van der Waals surface area contributed by atoms with Crippen molar-refractivity contribution >= 4 is 17.6 Å². The van der Waals surface area contributed by atoms with Crippen LogP contribution in [0.1, 0.15) is 17.2 Å². The number of benzene rings is 2. The molecule has 0 radical (unpaired) electrons. The first-order valence-electron chi connectivity index (χ1n) is 7.22. The number of hydrogen-bond donors (Lipinski definition) is 2. The van der Waals surface area contributed by atoms with Gasteiger partial charge in [0.2, 0.25) is 0 Å². The van der Waals surface area contributed by atoms with E-state index < -0.39 is 11.9 Å². The number of H-pyrrole nitrogens is 1. The first-order valence-corrected chi connectivity index (χ1v) is 7.60. The quantitative estimate of drug-likeness (QED) is 0.740. The van der Waals surface area contributed by atoms with E-state index in [0.29, 0.717) is 17.9 Å². The molecule has 2 N–H and O–H groups in total. The zero-order valence-corrected chi connectivity index (χ0v) is 13.0. The first kappa shape index (κ1) is 15.3. The van der Waals surface area contributed by atoms with Crippen molar-refractivity contribution in [1.29, 1.82) is 0 Å². The molecule has 1 heterocycles. The standard InChI is InChI=1S/C18H15ClN2O2/c19-16-15(20-17(21-16)13-9-5-2-6-10-13)14(18(22)23)11-12-7-3-1-4-8-12/h1-10,14H,11H2,(H,20,21)(H,22,23). The van der Waals surface area contributed by atoms with E-state index in [9.17, 15) is 9.90 Å². The SMILES string of the molecule is O=C(O)C(Cc1ccccc1)c1[nH]c(-c2ccccc2)nc1Cl. The average Bonchev–Trinajstić information content (AvgIpc) is 2.96. The Balaban J connectivity index is 1.94. The van der Waals surface area contributed by atoms with E-state index in [1.807, 2.05) is 60.7 Å². The topological polar surface area (TPSA) is 66.0 Å². The lowest BCUT2D eigenvalue weighted by Crippen LogP contribution is -2.15. The third kappa shape index (κ3) is 3.43. The lowest BCUT2D eigenvalue weighted by atomic mass is 9.97. The molecule has 2 aromatic carbocycles.